The SMILES string of the molecule is O=C(Nc1nnc(/C=C/c2ccccc2Cl)s1)Nc1ccc(Cl)cc1Cl. The molecular weight excluding hydrogens is 415 g/mol. The predicted molar refractivity (Wildman–Crippen MR) is 109 cm³/mol. The van der Waals surface area contributed by atoms with Gasteiger partial charge in [0.05, 0.1) is 10.7 Å². The van der Waals surface area contributed by atoms with Gasteiger partial charge in [-0.1, -0.05) is 70.4 Å². The molecule has 2 N–H and O–H groups in total. The van der Waals surface area contributed by atoms with Gasteiger partial charge in [-0.3, -0.25) is 5.32 Å². The van der Waals surface area contributed by atoms with E-state index < -0.39 is 6.03 Å². The zero-order valence-electron chi connectivity index (χ0n) is 13.0. The van der Waals surface area contributed by atoms with Crippen LogP contribution < -0.4 is 10.6 Å². The van der Waals surface area contributed by atoms with E-state index in [4.69, 9.17) is 34.8 Å². The summed E-state index contributed by atoms with van der Waals surface area (Å²) in [4.78, 5) is 12.0. The Morgan fingerprint density at radius 1 is 0.962 bits per heavy atom. The first-order valence-corrected chi connectivity index (χ1v) is 9.25. The van der Waals surface area contributed by atoms with Crippen LogP contribution in [0.1, 0.15) is 10.6 Å². The molecule has 0 fully saturated rings. The van der Waals surface area contributed by atoms with Crippen molar-refractivity contribution >= 4 is 75.1 Å². The topological polar surface area (TPSA) is 66.9 Å². The van der Waals surface area contributed by atoms with E-state index in [0.717, 1.165) is 5.56 Å². The maximum Gasteiger partial charge on any atom is 0.325 e. The number of carbonyl (C=O) groups excluding carboxylic acids is 1. The molecular formula is C17H11Cl3N4OS. The Bertz CT molecular complexity index is 974. The second-order valence-electron chi connectivity index (χ2n) is 5.00. The summed E-state index contributed by atoms with van der Waals surface area (Å²) in [6, 6.07) is 11.8. The first-order valence-electron chi connectivity index (χ1n) is 7.30. The van der Waals surface area contributed by atoms with Gasteiger partial charge in [0.1, 0.15) is 5.01 Å². The molecule has 2 amide bonds. The standard InChI is InChI=1S/C17H11Cl3N4OS/c18-11-6-7-14(13(20)9-11)21-16(25)22-17-24-23-15(26-17)8-5-10-3-1-2-4-12(10)19/h1-9H,(H2,21,22,24,25)/b8-5+. The van der Waals surface area contributed by atoms with Gasteiger partial charge in [-0.05, 0) is 35.9 Å². The van der Waals surface area contributed by atoms with E-state index in [0.29, 0.717) is 30.9 Å². The van der Waals surface area contributed by atoms with Gasteiger partial charge in [0.15, 0.2) is 0 Å². The number of hydrogen-bond acceptors (Lipinski definition) is 4. The Labute approximate surface area is 168 Å². The van der Waals surface area contributed by atoms with Gasteiger partial charge in [0.2, 0.25) is 5.13 Å². The highest BCUT2D eigenvalue weighted by molar-refractivity contribution is 7.16. The minimum atomic E-state index is -0.480. The lowest BCUT2D eigenvalue weighted by atomic mass is 10.2. The molecule has 0 saturated carbocycles. The van der Waals surface area contributed by atoms with Crippen LogP contribution in [0, 0.1) is 0 Å². The third-order valence-electron chi connectivity index (χ3n) is 3.15. The molecule has 9 heteroatoms. The molecule has 0 unspecified atom stereocenters. The summed E-state index contributed by atoms with van der Waals surface area (Å²) in [5, 5.41) is 15.6. The molecule has 5 nitrogen and oxygen atoms in total. The zero-order valence-corrected chi connectivity index (χ0v) is 16.1. The number of aromatic nitrogens is 2. The number of nitrogens with one attached hydrogen (secondary N) is 2. The third kappa shape index (κ3) is 4.95. The molecule has 0 spiro atoms. The maximum absolute atomic E-state index is 12.0. The van der Waals surface area contributed by atoms with Gasteiger partial charge in [-0.25, -0.2) is 4.79 Å². The van der Waals surface area contributed by atoms with Crippen molar-refractivity contribution in [3.8, 4) is 0 Å². The summed E-state index contributed by atoms with van der Waals surface area (Å²) in [6.45, 7) is 0. The van der Waals surface area contributed by atoms with Crippen molar-refractivity contribution in [3.05, 3.63) is 68.1 Å². The minimum Gasteiger partial charge on any atom is -0.306 e. The van der Waals surface area contributed by atoms with Crippen LogP contribution in [0.5, 0.6) is 0 Å². The normalized spacial score (nSPS) is 10.9. The van der Waals surface area contributed by atoms with E-state index in [1.54, 1.807) is 30.3 Å². The van der Waals surface area contributed by atoms with Crippen LogP contribution in [0.3, 0.4) is 0 Å². The first kappa shape index (κ1) is 18.7. The van der Waals surface area contributed by atoms with E-state index in [1.807, 2.05) is 24.3 Å². The zero-order chi connectivity index (χ0) is 18.5. The fourth-order valence-electron chi connectivity index (χ4n) is 1.97. The lowest BCUT2D eigenvalue weighted by Crippen LogP contribution is -2.19. The molecule has 1 heterocycles. The molecule has 3 aromatic rings. The number of benzene rings is 2. The van der Waals surface area contributed by atoms with Crippen LogP contribution in [0.4, 0.5) is 15.6 Å². The van der Waals surface area contributed by atoms with E-state index in [-0.39, 0.29) is 0 Å². The number of nitrogens with zero attached hydrogens (tertiary/aromatic N) is 2. The maximum atomic E-state index is 12.0. The van der Waals surface area contributed by atoms with Crippen LogP contribution >= 0.6 is 46.1 Å². The highest BCUT2D eigenvalue weighted by atomic mass is 35.5. The molecule has 0 aliphatic carbocycles. The number of halogens is 3. The summed E-state index contributed by atoms with van der Waals surface area (Å²) in [5.74, 6) is 0. The van der Waals surface area contributed by atoms with Crippen LogP contribution in [0.15, 0.2) is 42.5 Å². The van der Waals surface area contributed by atoms with Crippen molar-refractivity contribution in [1.82, 2.24) is 10.2 Å². The van der Waals surface area contributed by atoms with Crippen molar-refractivity contribution in [2.75, 3.05) is 10.6 Å². The Kier molecular flexibility index (Phi) is 6.11. The van der Waals surface area contributed by atoms with E-state index in [1.165, 1.54) is 11.3 Å². The minimum absolute atomic E-state index is 0.341. The number of anilines is 2. The molecule has 2 aromatic carbocycles. The lowest BCUT2D eigenvalue weighted by molar-refractivity contribution is 0.262. The van der Waals surface area contributed by atoms with Crippen LogP contribution in [0.2, 0.25) is 15.1 Å². The Balaban J connectivity index is 1.63. The van der Waals surface area contributed by atoms with E-state index in [2.05, 4.69) is 20.8 Å². The first-order chi connectivity index (χ1) is 12.5. The number of carbonyl (C=O) groups is 1. The molecule has 0 atom stereocenters. The second-order valence-corrected chi connectivity index (χ2v) is 7.26. The van der Waals surface area contributed by atoms with Gasteiger partial charge >= 0.3 is 6.03 Å². The smallest absolute Gasteiger partial charge is 0.306 e. The highest BCUT2D eigenvalue weighted by Gasteiger charge is 2.09. The van der Waals surface area contributed by atoms with Gasteiger partial charge in [0, 0.05) is 10.0 Å². The van der Waals surface area contributed by atoms with Crippen LogP contribution in [0.25, 0.3) is 12.2 Å². The van der Waals surface area contributed by atoms with Gasteiger partial charge in [-0.15, -0.1) is 10.2 Å². The summed E-state index contributed by atoms with van der Waals surface area (Å²) in [5.41, 5.74) is 1.31. The average molecular weight is 426 g/mol. The lowest BCUT2D eigenvalue weighted by Gasteiger charge is -2.07. The summed E-state index contributed by atoms with van der Waals surface area (Å²) >= 11 is 19.2. The Morgan fingerprint density at radius 3 is 2.54 bits per heavy atom. The number of amides is 2. The molecule has 0 radical (unpaired) electrons. The number of rotatable bonds is 4. The van der Waals surface area contributed by atoms with Gasteiger partial charge < -0.3 is 5.32 Å². The van der Waals surface area contributed by atoms with Crippen molar-refractivity contribution in [3.63, 3.8) is 0 Å². The highest BCUT2D eigenvalue weighted by Crippen LogP contribution is 2.26. The largest absolute Gasteiger partial charge is 0.325 e. The number of hydrogen-bond donors (Lipinski definition) is 2. The molecule has 26 heavy (non-hydrogen) atoms. The Morgan fingerprint density at radius 2 is 1.77 bits per heavy atom. The summed E-state index contributed by atoms with van der Waals surface area (Å²) in [7, 11) is 0. The van der Waals surface area contributed by atoms with Crippen molar-refractivity contribution in [1.29, 1.82) is 0 Å². The van der Waals surface area contributed by atoms with Gasteiger partial charge in [0.25, 0.3) is 0 Å². The van der Waals surface area contributed by atoms with Crippen LogP contribution in [-0.2, 0) is 0 Å². The molecule has 132 valence electrons. The molecule has 3 rings (SSSR count). The van der Waals surface area contributed by atoms with Crippen molar-refractivity contribution in [2.24, 2.45) is 0 Å². The third-order valence-corrected chi connectivity index (χ3v) is 4.85. The molecule has 0 bridgehead atoms. The quantitative estimate of drug-likeness (QED) is 0.514. The predicted octanol–water partition coefficient (Wildman–Crippen LogP) is 6.31. The average Bonchev–Trinajstić information content (AvgIpc) is 3.04. The molecule has 0 aliphatic heterocycles. The fourth-order valence-corrected chi connectivity index (χ4v) is 3.26. The summed E-state index contributed by atoms with van der Waals surface area (Å²) in [6.07, 6.45) is 3.61. The van der Waals surface area contributed by atoms with Crippen molar-refractivity contribution < 1.29 is 4.79 Å². The fraction of sp³-hybridized carbons (Fsp3) is 0. The molecule has 1 aromatic heterocycles. The van der Waals surface area contributed by atoms with Gasteiger partial charge in [-0.2, -0.15) is 0 Å². The Hall–Kier alpha value is -2.12. The van der Waals surface area contributed by atoms with E-state index in [9.17, 15) is 4.79 Å². The monoisotopic (exact) mass is 424 g/mol. The van der Waals surface area contributed by atoms with Crippen molar-refractivity contribution in [2.45, 2.75) is 0 Å². The number of urea groups is 1. The van der Waals surface area contributed by atoms with Crippen LogP contribution in [-0.4, -0.2) is 16.2 Å². The molecule has 0 aliphatic rings. The van der Waals surface area contributed by atoms with E-state index >= 15 is 0 Å². The summed E-state index contributed by atoms with van der Waals surface area (Å²) < 4.78 is 0. The second kappa shape index (κ2) is 8.51. The molecule has 0 saturated heterocycles.